The molecule has 0 saturated carbocycles. The highest BCUT2D eigenvalue weighted by molar-refractivity contribution is 6.33. The van der Waals surface area contributed by atoms with Crippen LogP contribution in [0.5, 0.6) is 5.75 Å². The van der Waals surface area contributed by atoms with E-state index in [-0.39, 0.29) is 11.4 Å². The van der Waals surface area contributed by atoms with E-state index in [0.29, 0.717) is 16.3 Å². The number of benzene rings is 2. The molecule has 0 heterocycles. The molecule has 2 aromatic carbocycles. The highest BCUT2D eigenvalue weighted by atomic mass is 35.5. The first kappa shape index (κ1) is 15.1. The van der Waals surface area contributed by atoms with Gasteiger partial charge in [0, 0.05) is 17.3 Å². The number of carbonyl (C=O) groups is 1. The van der Waals surface area contributed by atoms with Gasteiger partial charge in [-0.25, -0.2) is 0 Å². The lowest BCUT2D eigenvalue weighted by atomic mass is 10.2. The number of alkyl halides is 2. The molecule has 2 rings (SSSR count). The molecule has 110 valence electrons. The molecule has 0 atom stereocenters. The molecule has 2 aromatic rings. The van der Waals surface area contributed by atoms with Crippen LogP contribution in [0.2, 0.25) is 5.02 Å². The van der Waals surface area contributed by atoms with E-state index in [1.54, 1.807) is 6.07 Å². The van der Waals surface area contributed by atoms with Gasteiger partial charge in [-0.1, -0.05) is 17.7 Å². The summed E-state index contributed by atoms with van der Waals surface area (Å²) >= 11 is 5.77. The lowest BCUT2D eigenvalue weighted by Gasteiger charge is -2.09. The smallest absolute Gasteiger partial charge is 0.387 e. The third kappa shape index (κ3) is 4.06. The number of anilines is 2. The Morgan fingerprint density at radius 1 is 1.24 bits per heavy atom. The summed E-state index contributed by atoms with van der Waals surface area (Å²) in [5.41, 5.74) is 6.52. The zero-order chi connectivity index (χ0) is 15.4. The average Bonchev–Trinajstić information content (AvgIpc) is 2.41. The second kappa shape index (κ2) is 6.41. The van der Waals surface area contributed by atoms with E-state index in [1.165, 1.54) is 36.4 Å². The third-order valence-electron chi connectivity index (χ3n) is 2.58. The zero-order valence-corrected chi connectivity index (χ0v) is 11.4. The van der Waals surface area contributed by atoms with E-state index >= 15 is 0 Å². The number of nitrogen functional groups attached to an aromatic ring is 1. The van der Waals surface area contributed by atoms with Crippen LogP contribution in [0.3, 0.4) is 0 Å². The number of ether oxygens (including phenoxy) is 1. The number of amides is 1. The van der Waals surface area contributed by atoms with Gasteiger partial charge in [0.2, 0.25) is 0 Å². The minimum atomic E-state index is -2.92. The van der Waals surface area contributed by atoms with Crippen molar-refractivity contribution in [2.75, 3.05) is 11.1 Å². The van der Waals surface area contributed by atoms with Gasteiger partial charge in [-0.2, -0.15) is 8.78 Å². The van der Waals surface area contributed by atoms with Crippen molar-refractivity contribution >= 4 is 28.9 Å². The molecule has 0 bridgehead atoms. The van der Waals surface area contributed by atoms with Crippen molar-refractivity contribution in [3.63, 3.8) is 0 Å². The average molecular weight is 313 g/mol. The number of hydrogen-bond acceptors (Lipinski definition) is 3. The molecule has 0 unspecified atom stereocenters. The Bertz CT molecular complexity index is 665. The molecule has 0 fully saturated rings. The number of hydrogen-bond donors (Lipinski definition) is 2. The molecule has 0 aliphatic rings. The molecule has 21 heavy (non-hydrogen) atoms. The SMILES string of the molecule is Nc1cc(C(=O)Nc2cccc(OC(F)F)c2)ccc1Cl. The Morgan fingerprint density at radius 3 is 2.67 bits per heavy atom. The Labute approximate surface area is 124 Å². The fourth-order valence-electron chi connectivity index (χ4n) is 1.64. The maximum atomic E-state index is 12.1. The Morgan fingerprint density at radius 2 is 2.00 bits per heavy atom. The van der Waals surface area contributed by atoms with Crippen LogP contribution < -0.4 is 15.8 Å². The van der Waals surface area contributed by atoms with Gasteiger partial charge in [0.15, 0.2) is 0 Å². The van der Waals surface area contributed by atoms with Gasteiger partial charge in [-0.05, 0) is 30.3 Å². The summed E-state index contributed by atoms with van der Waals surface area (Å²) in [5, 5.41) is 2.90. The van der Waals surface area contributed by atoms with Crippen molar-refractivity contribution in [2.45, 2.75) is 6.61 Å². The van der Waals surface area contributed by atoms with E-state index in [0.717, 1.165) is 0 Å². The monoisotopic (exact) mass is 312 g/mol. The summed E-state index contributed by atoms with van der Waals surface area (Å²) in [6.07, 6.45) is 0. The Balaban J connectivity index is 2.13. The number of nitrogens with two attached hydrogens (primary N) is 1. The first-order chi connectivity index (χ1) is 9.95. The summed E-state index contributed by atoms with van der Waals surface area (Å²) in [6.45, 7) is -2.92. The molecule has 4 nitrogen and oxygen atoms in total. The van der Waals surface area contributed by atoms with Crippen LogP contribution in [0.4, 0.5) is 20.2 Å². The van der Waals surface area contributed by atoms with E-state index in [4.69, 9.17) is 17.3 Å². The van der Waals surface area contributed by atoms with Crippen molar-refractivity contribution in [3.8, 4) is 5.75 Å². The predicted molar refractivity (Wildman–Crippen MR) is 76.9 cm³/mol. The number of nitrogens with one attached hydrogen (secondary N) is 1. The molecule has 0 aliphatic carbocycles. The molecule has 0 aliphatic heterocycles. The minimum absolute atomic E-state index is 0.0431. The first-order valence-corrected chi connectivity index (χ1v) is 6.25. The van der Waals surface area contributed by atoms with E-state index in [9.17, 15) is 13.6 Å². The quantitative estimate of drug-likeness (QED) is 0.845. The molecule has 1 amide bonds. The molecule has 0 saturated heterocycles. The topological polar surface area (TPSA) is 64.4 Å². The number of carbonyl (C=O) groups excluding carboxylic acids is 1. The highest BCUT2D eigenvalue weighted by Crippen LogP contribution is 2.22. The summed E-state index contributed by atoms with van der Waals surface area (Å²) in [5.74, 6) is -0.481. The Hall–Kier alpha value is -2.34. The second-order valence-corrected chi connectivity index (χ2v) is 4.50. The first-order valence-electron chi connectivity index (χ1n) is 5.87. The van der Waals surface area contributed by atoms with Crippen molar-refractivity contribution in [2.24, 2.45) is 0 Å². The van der Waals surface area contributed by atoms with Crippen LogP contribution in [0.15, 0.2) is 42.5 Å². The maximum absolute atomic E-state index is 12.1. The molecule has 7 heteroatoms. The summed E-state index contributed by atoms with van der Waals surface area (Å²) < 4.78 is 28.5. The molecular formula is C14H11ClF2N2O2. The summed E-state index contributed by atoms with van der Waals surface area (Å²) in [6, 6.07) is 10.1. The molecule has 0 aromatic heterocycles. The second-order valence-electron chi connectivity index (χ2n) is 4.10. The fraction of sp³-hybridized carbons (Fsp3) is 0.0714. The van der Waals surface area contributed by atoms with Gasteiger partial charge < -0.3 is 15.8 Å². The van der Waals surface area contributed by atoms with Crippen LogP contribution in [0.25, 0.3) is 0 Å². The summed E-state index contributed by atoms with van der Waals surface area (Å²) in [4.78, 5) is 12.0. The van der Waals surface area contributed by atoms with E-state index in [1.807, 2.05) is 0 Å². The summed E-state index contributed by atoms with van der Waals surface area (Å²) in [7, 11) is 0. The lowest BCUT2D eigenvalue weighted by Crippen LogP contribution is -2.12. The number of halogens is 3. The standard InChI is InChI=1S/C14H11ClF2N2O2/c15-11-5-4-8(6-12(11)18)13(20)19-9-2-1-3-10(7-9)21-14(16)17/h1-7,14H,18H2,(H,19,20). The minimum Gasteiger partial charge on any atom is -0.435 e. The van der Waals surface area contributed by atoms with Gasteiger partial charge in [0.25, 0.3) is 5.91 Å². The van der Waals surface area contributed by atoms with Crippen LogP contribution in [0.1, 0.15) is 10.4 Å². The van der Waals surface area contributed by atoms with Crippen LogP contribution >= 0.6 is 11.6 Å². The van der Waals surface area contributed by atoms with Crippen molar-refractivity contribution in [3.05, 3.63) is 53.1 Å². The van der Waals surface area contributed by atoms with E-state index in [2.05, 4.69) is 10.1 Å². The molecule has 0 spiro atoms. The van der Waals surface area contributed by atoms with Gasteiger partial charge in [0.1, 0.15) is 5.75 Å². The highest BCUT2D eigenvalue weighted by Gasteiger charge is 2.09. The number of rotatable bonds is 4. The fourth-order valence-corrected chi connectivity index (χ4v) is 1.76. The Kier molecular flexibility index (Phi) is 4.59. The van der Waals surface area contributed by atoms with Crippen molar-refractivity contribution in [1.29, 1.82) is 0 Å². The van der Waals surface area contributed by atoms with Crippen molar-refractivity contribution < 1.29 is 18.3 Å². The molecular weight excluding hydrogens is 302 g/mol. The normalized spacial score (nSPS) is 10.5. The zero-order valence-electron chi connectivity index (χ0n) is 10.6. The van der Waals surface area contributed by atoms with Gasteiger partial charge in [0.05, 0.1) is 10.7 Å². The largest absolute Gasteiger partial charge is 0.435 e. The van der Waals surface area contributed by atoms with Crippen LogP contribution in [0, 0.1) is 0 Å². The van der Waals surface area contributed by atoms with E-state index < -0.39 is 12.5 Å². The molecule has 3 N–H and O–H groups in total. The lowest BCUT2D eigenvalue weighted by molar-refractivity contribution is -0.0497. The van der Waals surface area contributed by atoms with Gasteiger partial charge in [-0.15, -0.1) is 0 Å². The van der Waals surface area contributed by atoms with Gasteiger partial charge >= 0.3 is 6.61 Å². The maximum Gasteiger partial charge on any atom is 0.387 e. The third-order valence-corrected chi connectivity index (χ3v) is 2.92. The van der Waals surface area contributed by atoms with Crippen molar-refractivity contribution in [1.82, 2.24) is 0 Å². The molecule has 0 radical (unpaired) electrons. The predicted octanol–water partition coefficient (Wildman–Crippen LogP) is 3.78. The van der Waals surface area contributed by atoms with Gasteiger partial charge in [-0.3, -0.25) is 4.79 Å². The van der Waals surface area contributed by atoms with Crippen LogP contribution in [-0.4, -0.2) is 12.5 Å². The van der Waals surface area contributed by atoms with Crippen LogP contribution in [-0.2, 0) is 0 Å².